The summed E-state index contributed by atoms with van der Waals surface area (Å²) in [6.07, 6.45) is 6.18. The summed E-state index contributed by atoms with van der Waals surface area (Å²) >= 11 is 3.63. The van der Waals surface area contributed by atoms with Gasteiger partial charge in [0.1, 0.15) is 0 Å². The maximum absolute atomic E-state index is 12.3. The Morgan fingerprint density at radius 3 is 2.71 bits per heavy atom. The molecule has 0 spiro atoms. The smallest absolute Gasteiger partial charge is 0.251 e. The summed E-state index contributed by atoms with van der Waals surface area (Å²) in [5.41, 5.74) is 0.837. The zero-order chi connectivity index (χ0) is 14.7. The van der Waals surface area contributed by atoms with Crippen LogP contribution in [0.1, 0.15) is 42.5 Å². The molecular weight excluding hydrogens is 334 g/mol. The minimum atomic E-state index is -0.0424. The first-order valence-electron chi connectivity index (χ1n) is 7.46. The number of halogens is 1. The van der Waals surface area contributed by atoms with Crippen molar-refractivity contribution in [3.8, 4) is 11.5 Å². The van der Waals surface area contributed by atoms with Crippen molar-refractivity contribution in [1.29, 1.82) is 0 Å². The van der Waals surface area contributed by atoms with Crippen LogP contribution < -0.4 is 14.8 Å². The predicted molar refractivity (Wildman–Crippen MR) is 84.2 cm³/mol. The van der Waals surface area contributed by atoms with E-state index in [0.29, 0.717) is 17.1 Å². The van der Waals surface area contributed by atoms with Crippen molar-refractivity contribution in [3.63, 3.8) is 0 Å². The van der Waals surface area contributed by atoms with Gasteiger partial charge in [-0.1, -0.05) is 35.2 Å². The Hall–Kier alpha value is -1.23. The molecule has 1 aliphatic carbocycles. The molecule has 0 unspecified atom stereocenters. The van der Waals surface area contributed by atoms with Gasteiger partial charge >= 0.3 is 0 Å². The molecule has 0 saturated heterocycles. The minimum Gasteiger partial charge on any atom is -0.454 e. The molecule has 1 N–H and O–H groups in total. The second-order valence-electron chi connectivity index (χ2n) is 5.95. The van der Waals surface area contributed by atoms with Crippen LogP contribution in [0.3, 0.4) is 0 Å². The van der Waals surface area contributed by atoms with Crippen molar-refractivity contribution in [2.75, 3.05) is 18.7 Å². The lowest BCUT2D eigenvalue weighted by molar-refractivity contribution is 0.0921. The van der Waals surface area contributed by atoms with Gasteiger partial charge in [0.2, 0.25) is 6.79 Å². The fourth-order valence-corrected chi connectivity index (χ4v) is 3.83. The fourth-order valence-electron chi connectivity index (χ4n) is 3.07. The van der Waals surface area contributed by atoms with Crippen LogP contribution in [0.15, 0.2) is 18.2 Å². The average Bonchev–Trinajstić information content (AvgIpc) is 3.01. The van der Waals surface area contributed by atoms with Crippen LogP contribution in [-0.4, -0.2) is 24.6 Å². The second kappa shape index (κ2) is 6.26. The van der Waals surface area contributed by atoms with Crippen LogP contribution in [0, 0.1) is 5.41 Å². The van der Waals surface area contributed by atoms with Gasteiger partial charge in [0.15, 0.2) is 11.5 Å². The minimum absolute atomic E-state index is 0.0424. The molecule has 4 nitrogen and oxygen atoms in total. The summed E-state index contributed by atoms with van der Waals surface area (Å²) in [4.78, 5) is 12.3. The second-order valence-corrected chi connectivity index (χ2v) is 6.51. The van der Waals surface area contributed by atoms with Gasteiger partial charge in [-0.25, -0.2) is 0 Å². The molecule has 1 saturated carbocycles. The van der Waals surface area contributed by atoms with Gasteiger partial charge in [0.25, 0.3) is 5.91 Å². The molecule has 1 aliphatic heterocycles. The Balaban J connectivity index is 1.63. The van der Waals surface area contributed by atoms with E-state index in [4.69, 9.17) is 9.47 Å². The van der Waals surface area contributed by atoms with Crippen LogP contribution in [0.4, 0.5) is 0 Å². The van der Waals surface area contributed by atoms with E-state index < -0.39 is 0 Å². The standard InChI is InChI=1S/C16H20BrNO3/c17-9-16(6-2-1-3-7-16)10-18-15(19)12-4-5-13-14(8-12)21-11-20-13/h4-5,8H,1-3,6-7,9-11H2,(H,18,19). The van der Waals surface area contributed by atoms with Crippen molar-refractivity contribution in [2.24, 2.45) is 5.41 Å². The van der Waals surface area contributed by atoms with Crippen molar-refractivity contribution in [2.45, 2.75) is 32.1 Å². The topological polar surface area (TPSA) is 47.6 Å². The molecule has 2 aliphatic rings. The van der Waals surface area contributed by atoms with Crippen LogP contribution in [0.5, 0.6) is 11.5 Å². The lowest BCUT2D eigenvalue weighted by atomic mass is 9.75. The van der Waals surface area contributed by atoms with E-state index in [1.54, 1.807) is 18.2 Å². The number of nitrogens with one attached hydrogen (secondary N) is 1. The molecule has 1 heterocycles. The third-order valence-electron chi connectivity index (χ3n) is 4.46. The summed E-state index contributed by atoms with van der Waals surface area (Å²) in [6, 6.07) is 5.32. The molecule has 0 atom stereocenters. The predicted octanol–water partition coefficient (Wildman–Crippen LogP) is 3.49. The number of alkyl halides is 1. The lowest BCUT2D eigenvalue weighted by Crippen LogP contribution is -2.40. The molecule has 1 aromatic rings. The van der Waals surface area contributed by atoms with Gasteiger partial charge in [0.05, 0.1) is 0 Å². The maximum Gasteiger partial charge on any atom is 0.251 e. The van der Waals surface area contributed by atoms with E-state index in [0.717, 1.165) is 11.9 Å². The van der Waals surface area contributed by atoms with Gasteiger partial charge in [-0.15, -0.1) is 0 Å². The van der Waals surface area contributed by atoms with Crippen LogP contribution in [-0.2, 0) is 0 Å². The third-order valence-corrected chi connectivity index (χ3v) is 5.65. The van der Waals surface area contributed by atoms with Crippen LogP contribution in [0.25, 0.3) is 0 Å². The number of carbonyl (C=O) groups excluding carboxylic acids is 1. The molecule has 1 fully saturated rings. The van der Waals surface area contributed by atoms with Crippen molar-refractivity contribution < 1.29 is 14.3 Å². The van der Waals surface area contributed by atoms with E-state index in [2.05, 4.69) is 21.2 Å². The highest BCUT2D eigenvalue weighted by Crippen LogP contribution is 2.37. The van der Waals surface area contributed by atoms with E-state index >= 15 is 0 Å². The van der Waals surface area contributed by atoms with E-state index in [1.165, 1.54) is 32.1 Å². The van der Waals surface area contributed by atoms with Crippen molar-refractivity contribution in [1.82, 2.24) is 5.32 Å². The lowest BCUT2D eigenvalue weighted by Gasteiger charge is -2.35. The summed E-state index contributed by atoms with van der Waals surface area (Å²) in [5.74, 6) is 1.31. The van der Waals surface area contributed by atoms with Crippen LogP contribution in [0.2, 0.25) is 0 Å². The fraction of sp³-hybridized carbons (Fsp3) is 0.562. The summed E-state index contributed by atoms with van der Waals surface area (Å²) in [5, 5.41) is 4.03. The van der Waals surface area contributed by atoms with Gasteiger partial charge in [-0.3, -0.25) is 4.79 Å². The van der Waals surface area contributed by atoms with Crippen LogP contribution >= 0.6 is 15.9 Å². The highest BCUT2D eigenvalue weighted by molar-refractivity contribution is 9.09. The highest BCUT2D eigenvalue weighted by atomic mass is 79.9. The first kappa shape index (κ1) is 14.7. The number of benzene rings is 1. The Kier molecular flexibility index (Phi) is 4.38. The average molecular weight is 354 g/mol. The molecule has 3 rings (SSSR count). The molecule has 1 amide bonds. The zero-order valence-electron chi connectivity index (χ0n) is 12.0. The molecule has 5 heteroatoms. The third kappa shape index (κ3) is 3.18. The molecule has 0 radical (unpaired) electrons. The zero-order valence-corrected chi connectivity index (χ0v) is 13.6. The maximum atomic E-state index is 12.3. The number of ether oxygens (including phenoxy) is 2. The van der Waals surface area contributed by atoms with Gasteiger partial charge < -0.3 is 14.8 Å². The van der Waals surface area contributed by atoms with E-state index in [-0.39, 0.29) is 18.1 Å². The largest absolute Gasteiger partial charge is 0.454 e. The Morgan fingerprint density at radius 2 is 1.95 bits per heavy atom. The Labute approximate surface area is 133 Å². The molecule has 0 aromatic heterocycles. The number of fused-ring (bicyclic) bond motifs is 1. The number of carbonyl (C=O) groups is 1. The first-order valence-corrected chi connectivity index (χ1v) is 8.58. The van der Waals surface area contributed by atoms with Gasteiger partial charge in [-0.05, 0) is 36.5 Å². The van der Waals surface area contributed by atoms with E-state index in [9.17, 15) is 4.79 Å². The molecular formula is C16H20BrNO3. The quantitative estimate of drug-likeness (QED) is 0.842. The van der Waals surface area contributed by atoms with Crippen molar-refractivity contribution >= 4 is 21.8 Å². The number of rotatable bonds is 4. The summed E-state index contributed by atoms with van der Waals surface area (Å²) in [7, 11) is 0. The SMILES string of the molecule is O=C(NCC1(CBr)CCCCC1)c1ccc2c(c1)OCO2. The Morgan fingerprint density at radius 1 is 1.19 bits per heavy atom. The molecule has 21 heavy (non-hydrogen) atoms. The normalized spacial score (nSPS) is 19.3. The Bertz CT molecular complexity index is 526. The summed E-state index contributed by atoms with van der Waals surface area (Å²) in [6.45, 7) is 0.957. The number of amides is 1. The van der Waals surface area contributed by atoms with Gasteiger partial charge in [-0.2, -0.15) is 0 Å². The van der Waals surface area contributed by atoms with E-state index in [1.807, 2.05) is 0 Å². The number of hydrogen-bond acceptors (Lipinski definition) is 3. The molecule has 114 valence electrons. The van der Waals surface area contributed by atoms with Crippen molar-refractivity contribution in [3.05, 3.63) is 23.8 Å². The molecule has 0 bridgehead atoms. The summed E-state index contributed by atoms with van der Waals surface area (Å²) < 4.78 is 10.6. The first-order chi connectivity index (χ1) is 10.2. The van der Waals surface area contributed by atoms with Gasteiger partial charge in [0, 0.05) is 17.4 Å². The number of hydrogen-bond donors (Lipinski definition) is 1. The monoisotopic (exact) mass is 353 g/mol. The molecule has 1 aromatic carbocycles. The highest BCUT2D eigenvalue weighted by Gasteiger charge is 2.31.